The molecule has 2 nitrogen and oxygen atoms in total. The Morgan fingerprint density at radius 2 is 1.70 bits per heavy atom. The van der Waals surface area contributed by atoms with E-state index >= 15 is 0 Å². The Morgan fingerprint density at radius 3 is 2.48 bits per heavy atom. The van der Waals surface area contributed by atoms with Crippen LogP contribution < -0.4 is 0 Å². The Morgan fingerprint density at radius 1 is 0.870 bits per heavy atom. The van der Waals surface area contributed by atoms with E-state index in [0.717, 1.165) is 28.0 Å². The molecule has 3 heteroatoms. The second-order valence-corrected chi connectivity index (χ2v) is 5.54. The van der Waals surface area contributed by atoms with Crippen molar-refractivity contribution in [2.24, 2.45) is 0 Å². The quantitative estimate of drug-likeness (QED) is 0.290. The fourth-order valence-corrected chi connectivity index (χ4v) is 3.07. The van der Waals surface area contributed by atoms with Crippen molar-refractivity contribution in [3.8, 4) is 11.3 Å². The fourth-order valence-electron chi connectivity index (χ4n) is 3.07. The molecule has 0 saturated carbocycles. The van der Waals surface area contributed by atoms with E-state index in [9.17, 15) is 0 Å². The van der Waals surface area contributed by atoms with E-state index in [4.69, 9.17) is 0 Å². The normalized spacial score (nSPS) is 10.7. The van der Waals surface area contributed by atoms with Crippen molar-refractivity contribution in [3.63, 3.8) is 0 Å². The van der Waals surface area contributed by atoms with Crippen LogP contribution in [0.25, 0.3) is 32.8 Å². The van der Waals surface area contributed by atoms with Gasteiger partial charge in [0, 0.05) is 43.1 Å². The van der Waals surface area contributed by atoms with Crippen molar-refractivity contribution < 1.29 is 20.1 Å². The van der Waals surface area contributed by atoms with E-state index in [2.05, 4.69) is 53.3 Å². The van der Waals surface area contributed by atoms with Gasteiger partial charge >= 0.3 is 0 Å². The molecule has 0 aliphatic rings. The summed E-state index contributed by atoms with van der Waals surface area (Å²) in [5.41, 5.74) is 4.12. The average Bonchev–Trinajstić information content (AvgIpc) is 2.55. The summed E-state index contributed by atoms with van der Waals surface area (Å²) in [6, 6.07) is 19.8. The number of pyridine rings is 2. The van der Waals surface area contributed by atoms with Gasteiger partial charge in [-0.2, -0.15) is 0 Å². The van der Waals surface area contributed by atoms with Crippen molar-refractivity contribution in [2.75, 3.05) is 0 Å². The van der Waals surface area contributed by atoms with Gasteiger partial charge in [0.2, 0.25) is 0 Å². The number of benzene rings is 2. The molecule has 0 aliphatic heterocycles. The first kappa shape index (κ1) is 15.8. The van der Waals surface area contributed by atoms with E-state index < -0.39 is 0 Å². The second kappa shape index (κ2) is 6.19. The Kier molecular flexibility index (Phi) is 4.25. The predicted molar refractivity (Wildman–Crippen MR) is 90.8 cm³/mol. The topological polar surface area (TPSA) is 25.8 Å². The number of rotatable bonds is 1. The van der Waals surface area contributed by atoms with Gasteiger partial charge in [-0.3, -0.25) is 4.98 Å². The zero-order chi connectivity index (χ0) is 15.1. The largest absolute Gasteiger partial charge is 0.304 e. The number of hydrogen-bond donors (Lipinski definition) is 0. The zero-order valence-corrected chi connectivity index (χ0v) is 15.3. The van der Waals surface area contributed by atoms with Gasteiger partial charge in [0.15, 0.2) is 0 Å². The molecule has 0 bridgehead atoms. The molecule has 0 spiro atoms. The van der Waals surface area contributed by atoms with Crippen LogP contribution in [0.4, 0.5) is 0 Å². The molecular weight excluding hydrogens is 460 g/mol. The second-order valence-electron chi connectivity index (χ2n) is 5.54. The number of nitrogens with zero attached hydrogens (tertiary/aromatic N) is 2. The predicted octanol–water partition coefficient (Wildman–Crippen LogP) is 4.86. The van der Waals surface area contributed by atoms with E-state index in [1.165, 1.54) is 16.2 Å². The smallest absolute Gasteiger partial charge is 0.0454 e. The summed E-state index contributed by atoms with van der Waals surface area (Å²) in [5.74, 6) is 0. The van der Waals surface area contributed by atoms with Gasteiger partial charge in [0.05, 0.1) is 0 Å². The van der Waals surface area contributed by atoms with E-state index in [1.807, 2.05) is 31.3 Å². The molecule has 2 aromatic heterocycles. The van der Waals surface area contributed by atoms with Crippen molar-refractivity contribution in [1.82, 2.24) is 9.97 Å². The average molecular weight is 476 g/mol. The van der Waals surface area contributed by atoms with E-state index in [0.29, 0.717) is 0 Å². The third-order valence-corrected chi connectivity index (χ3v) is 4.04. The summed E-state index contributed by atoms with van der Waals surface area (Å²) in [6.45, 7) is 4.10. The summed E-state index contributed by atoms with van der Waals surface area (Å²) >= 11 is 0. The maximum Gasteiger partial charge on any atom is 0.0454 e. The Bertz CT molecular complexity index is 994. The first-order chi connectivity index (χ1) is 10.7. The van der Waals surface area contributed by atoms with Gasteiger partial charge in [-0.15, -0.1) is 35.9 Å². The molecule has 1 radical (unpaired) electrons. The third kappa shape index (κ3) is 2.67. The minimum Gasteiger partial charge on any atom is -0.304 e. The molecule has 4 rings (SSSR count). The summed E-state index contributed by atoms with van der Waals surface area (Å²) in [5, 5.41) is 4.81. The monoisotopic (exact) mass is 476 g/mol. The fraction of sp³-hybridized carbons (Fsp3) is 0.100. The maximum atomic E-state index is 4.58. The Hall–Kier alpha value is -2.09. The van der Waals surface area contributed by atoms with E-state index in [-0.39, 0.29) is 20.1 Å². The van der Waals surface area contributed by atoms with Crippen molar-refractivity contribution in [3.05, 3.63) is 72.2 Å². The molecule has 115 valence electrons. The number of aryl methyl sites for hydroxylation is 2. The minimum absolute atomic E-state index is 0. The van der Waals surface area contributed by atoms with Gasteiger partial charge in [-0.25, -0.2) is 0 Å². The van der Waals surface area contributed by atoms with Crippen molar-refractivity contribution in [2.45, 2.75) is 13.8 Å². The van der Waals surface area contributed by atoms with Crippen LogP contribution in [0.3, 0.4) is 0 Å². The minimum atomic E-state index is 0. The van der Waals surface area contributed by atoms with Crippen LogP contribution in [-0.2, 0) is 20.1 Å². The van der Waals surface area contributed by atoms with Crippen LogP contribution in [0.1, 0.15) is 11.4 Å². The molecule has 23 heavy (non-hydrogen) atoms. The standard InChI is InChI=1S/C20H15N2.Ir/c1-13-12-19-16(14(2)22-13)8-9-18-17(19)10-11-21-20(18)15-6-4-3-5-7-15;/h3-6,8-12H,1-2H3;/q-1;. The molecule has 0 saturated heterocycles. The molecular formula is C20H15IrN2-. The van der Waals surface area contributed by atoms with Crippen LogP contribution in [0, 0.1) is 19.9 Å². The summed E-state index contributed by atoms with van der Waals surface area (Å²) in [4.78, 5) is 9.15. The SMILES string of the molecule is Cc1cc2c(ccc3c(-c4[c-]cccc4)nccc32)c(C)n1.[Ir]. The molecule has 4 aromatic rings. The molecule has 2 heterocycles. The van der Waals surface area contributed by atoms with Crippen LogP contribution in [0.5, 0.6) is 0 Å². The van der Waals surface area contributed by atoms with Crippen LogP contribution in [0.15, 0.2) is 54.7 Å². The van der Waals surface area contributed by atoms with Crippen LogP contribution in [-0.4, -0.2) is 9.97 Å². The number of fused-ring (bicyclic) bond motifs is 3. The number of aromatic nitrogens is 2. The van der Waals surface area contributed by atoms with Gasteiger partial charge in [0.1, 0.15) is 0 Å². The van der Waals surface area contributed by atoms with Gasteiger partial charge in [0.25, 0.3) is 0 Å². The summed E-state index contributed by atoms with van der Waals surface area (Å²) in [7, 11) is 0. The first-order valence-electron chi connectivity index (χ1n) is 7.37. The molecule has 0 unspecified atom stereocenters. The maximum absolute atomic E-state index is 4.58. The van der Waals surface area contributed by atoms with E-state index in [1.54, 1.807) is 0 Å². The third-order valence-electron chi connectivity index (χ3n) is 4.04. The molecule has 0 fully saturated rings. The molecule has 0 amide bonds. The van der Waals surface area contributed by atoms with Gasteiger partial charge in [-0.1, -0.05) is 12.1 Å². The van der Waals surface area contributed by atoms with Crippen LogP contribution >= 0.6 is 0 Å². The van der Waals surface area contributed by atoms with Gasteiger partial charge in [-0.05, 0) is 47.8 Å². The molecule has 2 aromatic carbocycles. The Labute approximate surface area is 148 Å². The van der Waals surface area contributed by atoms with Crippen molar-refractivity contribution >= 4 is 21.5 Å². The summed E-state index contributed by atoms with van der Waals surface area (Å²) in [6.07, 6.45) is 1.88. The van der Waals surface area contributed by atoms with Crippen LogP contribution in [0.2, 0.25) is 0 Å². The molecule has 0 N–H and O–H groups in total. The van der Waals surface area contributed by atoms with Gasteiger partial charge < -0.3 is 4.98 Å². The molecule has 0 aliphatic carbocycles. The van der Waals surface area contributed by atoms with Crippen molar-refractivity contribution in [1.29, 1.82) is 0 Å². The number of hydrogen-bond acceptors (Lipinski definition) is 2. The Balaban J connectivity index is 0.00000156. The first-order valence-corrected chi connectivity index (χ1v) is 7.37. The molecule has 0 atom stereocenters. The summed E-state index contributed by atoms with van der Waals surface area (Å²) < 4.78 is 0. The zero-order valence-electron chi connectivity index (χ0n) is 12.9.